The second-order valence-corrected chi connectivity index (χ2v) is 7.42. The minimum atomic E-state index is -3.40. The monoisotopic (exact) mass is 332 g/mol. The molecule has 1 aliphatic rings. The van der Waals surface area contributed by atoms with Crippen molar-refractivity contribution < 1.29 is 13.2 Å². The largest absolute Gasteiger partial charge is 0.385 e. The lowest BCUT2D eigenvalue weighted by atomic mass is 10.3. The second-order valence-electron chi connectivity index (χ2n) is 5.05. The van der Waals surface area contributed by atoms with Gasteiger partial charge in [0.05, 0.1) is 4.90 Å². The van der Waals surface area contributed by atoms with E-state index in [4.69, 9.17) is 16.3 Å². The van der Waals surface area contributed by atoms with E-state index in [1.165, 1.54) is 0 Å². The van der Waals surface area contributed by atoms with E-state index in [1.54, 1.807) is 35.7 Å². The Hall–Kier alpha value is -0.660. The molecule has 0 spiro atoms. The van der Waals surface area contributed by atoms with Gasteiger partial charge in [-0.3, -0.25) is 0 Å². The summed E-state index contributed by atoms with van der Waals surface area (Å²) in [5.41, 5.74) is 0. The first-order valence-corrected chi connectivity index (χ1v) is 8.83. The predicted octanol–water partition coefficient (Wildman–Crippen LogP) is 1.68. The van der Waals surface area contributed by atoms with Crippen LogP contribution in [-0.2, 0) is 14.8 Å². The molecule has 0 aromatic heterocycles. The van der Waals surface area contributed by atoms with Gasteiger partial charge in [0.15, 0.2) is 0 Å². The number of halogens is 1. The average Bonchev–Trinajstić information content (AvgIpc) is 2.48. The Morgan fingerprint density at radius 1 is 1.14 bits per heavy atom. The number of hydrogen-bond acceptors (Lipinski definition) is 4. The van der Waals surface area contributed by atoms with Crippen LogP contribution in [0.3, 0.4) is 0 Å². The number of piperazine rings is 1. The van der Waals surface area contributed by atoms with Crippen LogP contribution < -0.4 is 0 Å². The molecule has 0 unspecified atom stereocenters. The van der Waals surface area contributed by atoms with E-state index in [0.29, 0.717) is 23.0 Å². The van der Waals surface area contributed by atoms with Crippen molar-refractivity contribution >= 4 is 21.6 Å². The number of hydrogen-bond donors (Lipinski definition) is 0. The van der Waals surface area contributed by atoms with Crippen LogP contribution in [0, 0.1) is 0 Å². The molecule has 1 heterocycles. The van der Waals surface area contributed by atoms with Gasteiger partial charge in [0, 0.05) is 51.5 Å². The van der Waals surface area contributed by atoms with Gasteiger partial charge in [-0.1, -0.05) is 11.6 Å². The summed E-state index contributed by atoms with van der Waals surface area (Å²) < 4.78 is 31.6. The summed E-state index contributed by atoms with van der Waals surface area (Å²) in [4.78, 5) is 2.58. The molecule has 118 valence electrons. The molecule has 1 aromatic carbocycles. The molecule has 1 saturated heterocycles. The predicted molar refractivity (Wildman–Crippen MR) is 83.1 cm³/mol. The molecule has 0 saturated carbocycles. The SMILES string of the molecule is COCCCN1CCN(S(=O)(=O)c2ccc(Cl)cc2)CC1. The Morgan fingerprint density at radius 3 is 2.33 bits per heavy atom. The van der Waals surface area contributed by atoms with Crippen LogP contribution in [0.2, 0.25) is 5.02 Å². The normalized spacial score (nSPS) is 18.0. The van der Waals surface area contributed by atoms with Gasteiger partial charge in [-0.15, -0.1) is 0 Å². The third-order valence-corrected chi connectivity index (χ3v) is 5.77. The third kappa shape index (κ3) is 4.40. The van der Waals surface area contributed by atoms with Crippen molar-refractivity contribution in [2.45, 2.75) is 11.3 Å². The lowest BCUT2D eigenvalue weighted by molar-refractivity contribution is 0.149. The van der Waals surface area contributed by atoms with Gasteiger partial charge >= 0.3 is 0 Å². The van der Waals surface area contributed by atoms with Crippen LogP contribution in [0.4, 0.5) is 0 Å². The molecule has 1 fully saturated rings. The van der Waals surface area contributed by atoms with E-state index in [-0.39, 0.29) is 0 Å². The molecule has 0 radical (unpaired) electrons. The van der Waals surface area contributed by atoms with Crippen LogP contribution in [0.1, 0.15) is 6.42 Å². The Labute approximate surface area is 131 Å². The number of nitrogens with zero attached hydrogens (tertiary/aromatic N) is 2. The van der Waals surface area contributed by atoms with E-state index in [2.05, 4.69) is 4.90 Å². The maximum atomic E-state index is 12.5. The summed E-state index contributed by atoms with van der Waals surface area (Å²) in [7, 11) is -1.71. The van der Waals surface area contributed by atoms with E-state index in [9.17, 15) is 8.42 Å². The standard InChI is InChI=1S/C14H21ClN2O3S/c1-20-12-2-7-16-8-10-17(11-9-16)21(18,19)14-5-3-13(15)4-6-14/h3-6H,2,7-12H2,1H3. The quantitative estimate of drug-likeness (QED) is 0.744. The van der Waals surface area contributed by atoms with Crippen LogP contribution in [0.15, 0.2) is 29.2 Å². The lowest BCUT2D eigenvalue weighted by Crippen LogP contribution is -2.48. The molecule has 5 nitrogen and oxygen atoms in total. The van der Waals surface area contributed by atoms with E-state index in [1.807, 2.05) is 0 Å². The maximum absolute atomic E-state index is 12.5. The average molecular weight is 333 g/mol. The fraction of sp³-hybridized carbons (Fsp3) is 0.571. The van der Waals surface area contributed by atoms with Gasteiger partial charge in [0.1, 0.15) is 0 Å². The Bertz CT molecular complexity index is 540. The van der Waals surface area contributed by atoms with Crippen LogP contribution in [0.25, 0.3) is 0 Å². The van der Waals surface area contributed by atoms with Gasteiger partial charge < -0.3 is 9.64 Å². The van der Waals surface area contributed by atoms with Crippen molar-refractivity contribution in [3.05, 3.63) is 29.3 Å². The minimum absolute atomic E-state index is 0.305. The number of sulfonamides is 1. The first-order valence-electron chi connectivity index (χ1n) is 7.01. The molecule has 21 heavy (non-hydrogen) atoms. The second kappa shape index (κ2) is 7.56. The van der Waals surface area contributed by atoms with E-state index < -0.39 is 10.0 Å². The third-order valence-electron chi connectivity index (χ3n) is 3.61. The summed E-state index contributed by atoms with van der Waals surface area (Å²) in [6.45, 7) is 4.26. The number of rotatable bonds is 6. The number of benzene rings is 1. The highest BCUT2D eigenvalue weighted by Gasteiger charge is 2.28. The van der Waals surface area contributed by atoms with Gasteiger partial charge in [-0.25, -0.2) is 8.42 Å². The molecule has 1 aromatic rings. The summed E-state index contributed by atoms with van der Waals surface area (Å²) in [6, 6.07) is 6.33. The molecule has 0 bridgehead atoms. The van der Waals surface area contributed by atoms with Crippen molar-refractivity contribution in [3.63, 3.8) is 0 Å². The van der Waals surface area contributed by atoms with Crippen molar-refractivity contribution in [2.24, 2.45) is 0 Å². The highest BCUT2D eigenvalue weighted by Crippen LogP contribution is 2.19. The highest BCUT2D eigenvalue weighted by atomic mass is 35.5. The lowest BCUT2D eigenvalue weighted by Gasteiger charge is -2.33. The van der Waals surface area contributed by atoms with Gasteiger partial charge in [-0.2, -0.15) is 4.31 Å². The molecule has 1 aliphatic heterocycles. The molecular weight excluding hydrogens is 312 g/mol. The molecule has 0 amide bonds. The van der Waals surface area contributed by atoms with Crippen LogP contribution >= 0.6 is 11.6 Å². The van der Waals surface area contributed by atoms with Crippen molar-refractivity contribution in [1.82, 2.24) is 9.21 Å². The van der Waals surface area contributed by atoms with Crippen molar-refractivity contribution in [1.29, 1.82) is 0 Å². The Morgan fingerprint density at radius 2 is 1.76 bits per heavy atom. The molecule has 7 heteroatoms. The summed E-state index contributed by atoms with van der Waals surface area (Å²) in [5, 5.41) is 0.539. The first-order chi connectivity index (χ1) is 10.0. The Kier molecular flexibility index (Phi) is 6.01. The van der Waals surface area contributed by atoms with Crippen molar-refractivity contribution in [3.8, 4) is 0 Å². The Balaban J connectivity index is 1.93. The summed E-state index contributed by atoms with van der Waals surface area (Å²) in [5.74, 6) is 0. The van der Waals surface area contributed by atoms with Gasteiger partial charge in [-0.05, 0) is 30.7 Å². The minimum Gasteiger partial charge on any atom is -0.385 e. The highest BCUT2D eigenvalue weighted by molar-refractivity contribution is 7.89. The molecule has 2 rings (SSSR count). The number of methoxy groups -OCH3 is 1. The van der Waals surface area contributed by atoms with Crippen molar-refractivity contribution in [2.75, 3.05) is 46.4 Å². The summed E-state index contributed by atoms with van der Waals surface area (Å²) >= 11 is 5.80. The van der Waals surface area contributed by atoms with E-state index in [0.717, 1.165) is 32.7 Å². The maximum Gasteiger partial charge on any atom is 0.243 e. The summed E-state index contributed by atoms with van der Waals surface area (Å²) in [6.07, 6.45) is 0.973. The topological polar surface area (TPSA) is 49.9 Å². The zero-order chi connectivity index (χ0) is 15.3. The zero-order valence-electron chi connectivity index (χ0n) is 12.2. The van der Waals surface area contributed by atoms with Gasteiger partial charge in [0.2, 0.25) is 10.0 Å². The first kappa shape index (κ1) is 16.7. The molecular formula is C14H21ClN2O3S. The zero-order valence-corrected chi connectivity index (χ0v) is 13.7. The number of ether oxygens (including phenoxy) is 1. The fourth-order valence-electron chi connectivity index (χ4n) is 2.38. The van der Waals surface area contributed by atoms with E-state index >= 15 is 0 Å². The van der Waals surface area contributed by atoms with Crippen LogP contribution in [0.5, 0.6) is 0 Å². The fourth-order valence-corrected chi connectivity index (χ4v) is 3.93. The molecule has 0 N–H and O–H groups in total. The molecule has 0 aliphatic carbocycles. The molecule has 0 atom stereocenters. The smallest absolute Gasteiger partial charge is 0.243 e. The van der Waals surface area contributed by atoms with Gasteiger partial charge in [0.25, 0.3) is 0 Å². The van der Waals surface area contributed by atoms with Crippen LogP contribution in [-0.4, -0.2) is 64.1 Å².